The van der Waals surface area contributed by atoms with Crippen LogP contribution in [0.3, 0.4) is 0 Å². The van der Waals surface area contributed by atoms with Gasteiger partial charge in [0.1, 0.15) is 11.6 Å². The number of alkyl halides is 1. The van der Waals surface area contributed by atoms with Gasteiger partial charge >= 0.3 is 0 Å². The monoisotopic (exact) mass is 304 g/mol. The maximum Gasteiger partial charge on any atom is 0.143 e. The van der Waals surface area contributed by atoms with Crippen LogP contribution in [-0.2, 0) is 9.59 Å². The molecule has 0 fully saturated rings. The van der Waals surface area contributed by atoms with Crippen LogP contribution in [-0.4, -0.2) is 16.9 Å². The maximum absolute atomic E-state index is 11.8. The van der Waals surface area contributed by atoms with Crippen LogP contribution in [0, 0.1) is 17.8 Å². The molecule has 0 spiro atoms. The fraction of sp³-hybridized carbons (Fsp3) is 0.857. The summed E-state index contributed by atoms with van der Waals surface area (Å²) in [5.74, 6) is 0.880. The van der Waals surface area contributed by atoms with Gasteiger partial charge in [-0.3, -0.25) is 9.59 Å². The molecule has 0 N–H and O–H groups in total. The predicted octanol–water partition coefficient (Wildman–Crippen LogP) is 4.01. The van der Waals surface area contributed by atoms with Gasteiger partial charge in [-0.15, -0.1) is 0 Å². The van der Waals surface area contributed by atoms with E-state index in [9.17, 15) is 9.59 Å². The molecule has 100 valence electrons. The molecule has 0 aromatic rings. The summed E-state index contributed by atoms with van der Waals surface area (Å²) in [4.78, 5) is 23.5. The first-order valence-electron chi connectivity index (χ1n) is 6.57. The Kier molecular flexibility index (Phi) is 8.75. The summed E-state index contributed by atoms with van der Waals surface area (Å²) in [7, 11) is 0. The lowest BCUT2D eigenvalue weighted by Crippen LogP contribution is -2.25. The summed E-state index contributed by atoms with van der Waals surface area (Å²) in [5.41, 5.74) is 0. The molecule has 0 aliphatic carbocycles. The van der Waals surface area contributed by atoms with E-state index >= 15 is 0 Å². The lowest BCUT2D eigenvalue weighted by Gasteiger charge is -2.20. The Labute approximate surface area is 114 Å². The summed E-state index contributed by atoms with van der Waals surface area (Å²) < 4.78 is 0. The first kappa shape index (κ1) is 16.8. The first-order chi connectivity index (χ1) is 7.96. The zero-order chi connectivity index (χ0) is 13.4. The second-order valence-electron chi connectivity index (χ2n) is 5.03. The van der Waals surface area contributed by atoms with Gasteiger partial charge in [-0.1, -0.05) is 43.6 Å². The molecule has 2 unspecified atom stereocenters. The number of rotatable bonds is 9. The van der Waals surface area contributed by atoms with Crippen LogP contribution in [0.2, 0.25) is 0 Å². The van der Waals surface area contributed by atoms with Gasteiger partial charge in [-0.05, 0) is 24.7 Å². The molecule has 2 atom stereocenters. The molecule has 2 nitrogen and oxygen atoms in total. The number of ketones is 2. The van der Waals surface area contributed by atoms with Crippen LogP contribution >= 0.6 is 15.9 Å². The third-order valence-electron chi connectivity index (χ3n) is 3.18. The van der Waals surface area contributed by atoms with Crippen molar-refractivity contribution in [2.75, 3.05) is 5.33 Å². The number of carbonyl (C=O) groups excluding carboxylic acids is 2. The van der Waals surface area contributed by atoms with E-state index < -0.39 is 0 Å². The second kappa shape index (κ2) is 8.84. The van der Waals surface area contributed by atoms with E-state index in [2.05, 4.69) is 29.8 Å². The minimum atomic E-state index is -0.359. The van der Waals surface area contributed by atoms with Crippen molar-refractivity contribution in [2.24, 2.45) is 17.8 Å². The van der Waals surface area contributed by atoms with Crippen LogP contribution in [0.15, 0.2) is 0 Å². The Balaban J connectivity index is 4.43. The minimum Gasteiger partial charge on any atom is -0.299 e. The molecular formula is C14H25BrO2. The van der Waals surface area contributed by atoms with E-state index in [0.29, 0.717) is 24.7 Å². The van der Waals surface area contributed by atoms with Gasteiger partial charge < -0.3 is 0 Å². The van der Waals surface area contributed by atoms with E-state index in [1.807, 2.05) is 13.8 Å². The van der Waals surface area contributed by atoms with E-state index in [-0.39, 0.29) is 17.5 Å². The van der Waals surface area contributed by atoms with Crippen molar-refractivity contribution in [1.29, 1.82) is 0 Å². The third kappa shape index (κ3) is 6.35. The Morgan fingerprint density at radius 3 is 1.76 bits per heavy atom. The molecule has 0 saturated heterocycles. The van der Waals surface area contributed by atoms with Gasteiger partial charge in [-0.25, -0.2) is 0 Å². The maximum atomic E-state index is 11.8. The predicted molar refractivity (Wildman–Crippen MR) is 75.4 cm³/mol. The molecule has 0 rings (SSSR count). The molecule has 3 heteroatoms. The van der Waals surface area contributed by atoms with Crippen molar-refractivity contribution in [3.05, 3.63) is 0 Å². The summed E-state index contributed by atoms with van der Waals surface area (Å²) in [6, 6.07) is 0. The number of halogens is 1. The highest BCUT2D eigenvalue weighted by molar-refractivity contribution is 9.09. The average Bonchev–Trinajstić information content (AvgIpc) is 2.33. The summed E-state index contributed by atoms with van der Waals surface area (Å²) in [6.07, 6.45) is 2.72. The molecule has 0 saturated carbocycles. The quantitative estimate of drug-likeness (QED) is 0.476. The Morgan fingerprint density at radius 1 is 0.941 bits per heavy atom. The minimum absolute atomic E-state index is 0.107. The molecule has 0 radical (unpaired) electrons. The number of Topliss-reactive ketones (excluding diaryl/α,β-unsaturated/α-hetero) is 2. The van der Waals surface area contributed by atoms with Gasteiger partial charge in [0.2, 0.25) is 0 Å². The molecule has 0 aliphatic heterocycles. The molecule has 17 heavy (non-hydrogen) atoms. The lowest BCUT2D eigenvalue weighted by atomic mass is 9.84. The Hall–Kier alpha value is -0.180. The van der Waals surface area contributed by atoms with Gasteiger partial charge in [0.25, 0.3) is 0 Å². The molecular weight excluding hydrogens is 280 g/mol. The lowest BCUT2D eigenvalue weighted by molar-refractivity contribution is -0.133. The highest BCUT2D eigenvalue weighted by Gasteiger charge is 2.25. The van der Waals surface area contributed by atoms with E-state index in [4.69, 9.17) is 0 Å². The van der Waals surface area contributed by atoms with E-state index in [0.717, 1.165) is 18.2 Å². The zero-order valence-corrected chi connectivity index (χ0v) is 13.0. The highest BCUT2D eigenvalue weighted by atomic mass is 79.9. The largest absolute Gasteiger partial charge is 0.299 e. The van der Waals surface area contributed by atoms with Crippen molar-refractivity contribution >= 4 is 27.5 Å². The van der Waals surface area contributed by atoms with E-state index in [1.165, 1.54) is 0 Å². The van der Waals surface area contributed by atoms with Crippen LogP contribution in [0.4, 0.5) is 0 Å². The molecule has 0 amide bonds. The van der Waals surface area contributed by atoms with Crippen LogP contribution in [0.1, 0.15) is 53.4 Å². The van der Waals surface area contributed by atoms with Crippen molar-refractivity contribution in [2.45, 2.75) is 53.4 Å². The Morgan fingerprint density at radius 2 is 1.41 bits per heavy atom. The number of hydrogen-bond donors (Lipinski definition) is 0. The van der Waals surface area contributed by atoms with Gasteiger partial charge in [-0.2, -0.15) is 0 Å². The molecule has 0 bridgehead atoms. The second-order valence-corrected chi connectivity index (χ2v) is 5.68. The van der Waals surface area contributed by atoms with Gasteiger partial charge in [0.15, 0.2) is 0 Å². The van der Waals surface area contributed by atoms with Gasteiger partial charge in [0, 0.05) is 18.2 Å². The fourth-order valence-electron chi connectivity index (χ4n) is 2.18. The normalized spacial score (nSPS) is 14.7. The Bertz CT molecular complexity index is 235. The average molecular weight is 305 g/mol. The van der Waals surface area contributed by atoms with Crippen LogP contribution in [0.5, 0.6) is 0 Å². The van der Waals surface area contributed by atoms with Crippen molar-refractivity contribution in [3.63, 3.8) is 0 Å². The topological polar surface area (TPSA) is 34.1 Å². The number of carbonyl (C=O) groups is 2. The molecule has 0 aliphatic rings. The number of hydrogen-bond acceptors (Lipinski definition) is 2. The molecule has 0 aromatic heterocycles. The van der Waals surface area contributed by atoms with Crippen molar-refractivity contribution < 1.29 is 9.59 Å². The smallest absolute Gasteiger partial charge is 0.143 e. The van der Waals surface area contributed by atoms with Crippen molar-refractivity contribution in [1.82, 2.24) is 0 Å². The summed E-state index contributed by atoms with van der Waals surface area (Å²) in [6.45, 7) is 8.00. The summed E-state index contributed by atoms with van der Waals surface area (Å²) >= 11 is 3.46. The van der Waals surface area contributed by atoms with Crippen LogP contribution < -0.4 is 0 Å². The standard InChI is InChI=1S/C14H25BrO2/c1-5-13(16)12(14(17)6-2)8-10(3)7-11(4)9-15/h10-12H,5-9H2,1-4H3. The highest BCUT2D eigenvalue weighted by Crippen LogP contribution is 2.23. The zero-order valence-electron chi connectivity index (χ0n) is 11.5. The molecule has 0 heterocycles. The van der Waals surface area contributed by atoms with Crippen LogP contribution in [0.25, 0.3) is 0 Å². The van der Waals surface area contributed by atoms with Crippen molar-refractivity contribution in [3.8, 4) is 0 Å². The van der Waals surface area contributed by atoms with E-state index in [1.54, 1.807) is 0 Å². The fourth-order valence-corrected chi connectivity index (χ4v) is 2.45. The third-order valence-corrected chi connectivity index (χ3v) is 4.29. The van der Waals surface area contributed by atoms with Gasteiger partial charge in [0.05, 0.1) is 5.92 Å². The SMILES string of the molecule is CCC(=O)C(CC(C)CC(C)CBr)C(=O)CC. The first-order valence-corrected chi connectivity index (χ1v) is 7.69. The summed E-state index contributed by atoms with van der Waals surface area (Å²) in [5, 5.41) is 0.978. The molecule has 0 aromatic carbocycles.